The topological polar surface area (TPSA) is 43.8 Å². The van der Waals surface area contributed by atoms with Gasteiger partial charge in [-0.05, 0) is 24.6 Å². The lowest BCUT2D eigenvalue weighted by Gasteiger charge is -2.46. The fourth-order valence-corrected chi connectivity index (χ4v) is 3.45. The number of hydrogen-bond acceptors (Lipinski definition) is 3. The number of carboxylic acids is 1. The number of rotatable bonds is 5. The summed E-state index contributed by atoms with van der Waals surface area (Å²) >= 11 is 0. The van der Waals surface area contributed by atoms with Crippen molar-refractivity contribution in [1.82, 2.24) is 4.90 Å². The zero-order chi connectivity index (χ0) is 16.9. The van der Waals surface area contributed by atoms with E-state index in [1.54, 1.807) is 0 Å². The molecule has 0 unspecified atom stereocenters. The summed E-state index contributed by atoms with van der Waals surface area (Å²) in [5, 5.41) is 9.33. The van der Waals surface area contributed by atoms with E-state index in [4.69, 9.17) is 0 Å². The third-order valence-corrected chi connectivity index (χ3v) is 4.70. The van der Waals surface area contributed by atoms with E-state index in [1.165, 1.54) is 5.56 Å². The highest BCUT2D eigenvalue weighted by Gasteiger charge is 2.32. The molecule has 4 nitrogen and oxygen atoms in total. The molecule has 2 aromatic rings. The van der Waals surface area contributed by atoms with E-state index < -0.39 is 5.97 Å². The van der Waals surface area contributed by atoms with Crippen LogP contribution < -0.4 is 4.90 Å². The molecule has 0 radical (unpaired) electrons. The summed E-state index contributed by atoms with van der Waals surface area (Å²) in [6, 6.07) is 20.9. The second-order valence-electron chi connectivity index (χ2n) is 6.50. The molecule has 0 bridgehead atoms. The summed E-state index contributed by atoms with van der Waals surface area (Å²) in [7, 11) is 0. The van der Waals surface area contributed by atoms with Crippen LogP contribution >= 0.6 is 0 Å². The fourth-order valence-electron chi connectivity index (χ4n) is 3.45. The number of para-hydroxylation sites is 1. The van der Waals surface area contributed by atoms with Crippen LogP contribution in [-0.4, -0.2) is 41.1 Å². The van der Waals surface area contributed by atoms with Crippen LogP contribution in [0.15, 0.2) is 60.7 Å². The quantitative estimate of drug-likeness (QED) is 0.917. The summed E-state index contributed by atoms with van der Waals surface area (Å²) < 4.78 is 0. The Morgan fingerprint density at radius 2 is 1.67 bits per heavy atom. The molecule has 0 saturated carbocycles. The Morgan fingerprint density at radius 1 is 1.04 bits per heavy atom. The molecule has 0 spiro atoms. The zero-order valence-corrected chi connectivity index (χ0v) is 14.0. The number of aliphatic carboxylic acids is 1. The fraction of sp³-hybridized carbons (Fsp3) is 0.350. The van der Waals surface area contributed by atoms with Crippen LogP contribution in [0.3, 0.4) is 0 Å². The number of carbonyl (C=O) groups is 1. The third kappa shape index (κ3) is 3.95. The molecule has 0 aromatic heterocycles. The standard InChI is InChI=1S/C20H24N2O2/c1-16-13-22(18-10-6-3-7-11-18)19(12-20(23)24)15-21(16)14-17-8-4-2-5-9-17/h2-11,16,19H,12-15H2,1H3,(H,23,24)/t16-,19+/m1/s1. The SMILES string of the molecule is C[C@@H]1CN(c2ccccc2)[C@@H](CC(=O)O)CN1Cc1ccccc1. The van der Waals surface area contributed by atoms with Crippen LogP contribution in [0.4, 0.5) is 5.69 Å². The van der Waals surface area contributed by atoms with Gasteiger partial charge in [0.15, 0.2) is 0 Å². The molecule has 1 N–H and O–H groups in total. The largest absolute Gasteiger partial charge is 0.481 e. The minimum Gasteiger partial charge on any atom is -0.481 e. The first-order chi connectivity index (χ1) is 11.6. The average molecular weight is 324 g/mol. The Balaban J connectivity index is 1.78. The van der Waals surface area contributed by atoms with E-state index in [1.807, 2.05) is 24.3 Å². The molecule has 1 saturated heterocycles. The first-order valence-corrected chi connectivity index (χ1v) is 8.45. The molecular formula is C20H24N2O2. The van der Waals surface area contributed by atoms with Crippen molar-refractivity contribution in [2.24, 2.45) is 0 Å². The Bertz CT molecular complexity index is 660. The minimum absolute atomic E-state index is 0.00943. The highest BCUT2D eigenvalue weighted by atomic mass is 16.4. The Labute approximate surface area is 143 Å². The van der Waals surface area contributed by atoms with Gasteiger partial charge in [-0.3, -0.25) is 9.69 Å². The van der Waals surface area contributed by atoms with E-state index in [0.717, 1.165) is 25.3 Å². The van der Waals surface area contributed by atoms with E-state index in [-0.39, 0.29) is 12.5 Å². The van der Waals surface area contributed by atoms with Crippen LogP contribution in [0, 0.1) is 0 Å². The van der Waals surface area contributed by atoms with Gasteiger partial charge < -0.3 is 10.0 Å². The van der Waals surface area contributed by atoms with Gasteiger partial charge in [0, 0.05) is 31.4 Å². The summed E-state index contributed by atoms with van der Waals surface area (Å²) in [6.07, 6.45) is 0.160. The monoisotopic (exact) mass is 324 g/mol. The van der Waals surface area contributed by atoms with Crippen LogP contribution in [-0.2, 0) is 11.3 Å². The maximum absolute atomic E-state index is 11.3. The predicted molar refractivity (Wildman–Crippen MR) is 96.1 cm³/mol. The lowest BCUT2D eigenvalue weighted by atomic mass is 10.0. The molecule has 126 valence electrons. The molecule has 1 aliphatic rings. The van der Waals surface area contributed by atoms with Crippen molar-refractivity contribution in [2.75, 3.05) is 18.0 Å². The van der Waals surface area contributed by atoms with Crippen molar-refractivity contribution >= 4 is 11.7 Å². The molecule has 2 atom stereocenters. The van der Waals surface area contributed by atoms with Gasteiger partial charge >= 0.3 is 5.97 Å². The van der Waals surface area contributed by atoms with Crippen molar-refractivity contribution in [3.63, 3.8) is 0 Å². The summed E-state index contributed by atoms with van der Waals surface area (Å²) in [4.78, 5) is 16.0. The second-order valence-corrected chi connectivity index (χ2v) is 6.50. The van der Waals surface area contributed by atoms with Crippen LogP contribution in [0.5, 0.6) is 0 Å². The molecule has 2 aromatic carbocycles. The third-order valence-electron chi connectivity index (χ3n) is 4.70. The van der Waals surface area contributed by atoms with Gasteiger partial charge in [-0.1, -0.05) is 48.5 Å². The van der Waals surface area contributed by atoms with Gasteiger partial charge in [-0.25, -0.2) is 0 Å². The lowest BCUT2D eigenvalue weighted by Crippen LogP contribution is -2.57. The van der Waals surface area contributed by atoms with Crippen LogP contribution in [0.25, 0.3) is 0 Å². The number of benzene rings is 2. The molecule has 0 aliphatic carbocycles. The molecule has 0 amide bonds. The number of anilines is 1. The smallest absolute Gasteiger partial charge is 0.305 e. The molecule has 4 heteroatoms. The Kier molecular flexibility index (Phi) is 5.16. The molecular weight excluding hydrogens is 300 g/mol. The van der Waals surface area contributed by atoms with Gasteiger partial charge in [0.1, 0.15) is 0 Å². The Hall–Kier alpha value is -2.33. The van der Waals surface area contributed by atoms with Crippen molar-refractivity contribution in [2.45, 2.75) is 32.0 Å². The summed E-state index contributed by atoms with van der Waals surface area (Å²) in [6.45, 7) is 4.68. The van der Waals surface area contributed by atoms with E-state index >= 15 is 0 Å². The van der Waals surface area contributed by atoms with Gasteiger partial charge in [0.25, 0.3) is 0 Å². The maximum Gasteiger partial charge on any atom is 0.305 e. The molecule has 1 fully saturated rings. The van der Waals surface area contributed by atoms with E-state index in [9.17, 15) is 9.90 Å². The zero-order valence-electron chi connectivity index (χ0n) is 14.0. The molecule has 1 aliphatic heterocycles. The van der Waals surface area contributed by atoms with Crippen molar-refractivity contribution < 1.29 is 9.90 Å². The van der Waals surface area contributed by atoms with E-state index in [2.05, 4.69) is 53.1 Å². The summed E-state index contributed by atoms with van der Waals surface area (Å²) in [5.74, 6) is -0.741. The highest BCUT2D eigenvalue weighted by Crippen LogP contribution is 2.26. The lowest BCUT2D eigenvalue weighted by molar-refractivity contribution is -0.137. The predicted octanol–water partition coefficient (Wildman–Crippen LogP) is 3.24. The molecule has 3 rings (SSSR count). The highest BCUT2D eigenvalue weighted by molar-refractivity contribution is 5.68. The maximum atomic E-state index is 11.3. The normalized spacial score (nSPS) is 21.6. The second kappa shape index (κ2) is 7.49. The average Bonchev–Trinajstić information content (AvgIpc) is 2.59. The van der Waals surface area contributed by atoms with Crippen LogP contribution in [0.2, 0.25) is 0 Å². The Morgan fingerprint density at radius 3 is 2.29 bits per heavy atom. The van der Waals surface area contributed by atoms with Gasteiger partial charge in [-0.15, -0.1) is 0 Å². The van der Waals surface area contributed by atoms with E-state index in [0.29, 0.717) is 6.04 Å². The number of carboxylic acid groups (broad SMARTS) is 1. The molecule has 24 heavy (non-hydrogen) atoms. The molecule has 1 heterocycles. The first-order valence-electron chi connectivity index (χ1n) is 8.45. The number of hydrogen-bond donors (Lipinski definition) is 1. The van der Waals surface area contributed by atoms with Gasteiger partial charge in [-0.2, -0.15) is 0 Å². The number of piperazine rings is 1. The van der Waals surface area contributed by atoms with Crippen LogP contribution in [0.1, 0.15) is 18.9 Å². The number of nitrogens with zero attached hydrogens (tertiary/aromatic N) is 2. The van der Waals surface area contributed by atoms with Crippen molar-refractivity contribution in [1.29, 1.82) is 0 Å². The summed E-state index contributed by atoms with van der Waals surface area (Å²) in [5.41, 5.74) is 2.38. The van der Waals surface area contributed by atoms with Crippen molar-refractivity contribution in [3.8, 4) is 0 Å². The van der Waals surface area contributed by atoms with Gasteiger partial charge in [0.05, 0.1) is 12.5 Å². The van der Waals surface area contributed by atoms with Crippen molar-refractivity contribution in [3.05, 3.63) is 66.2 Å². The minimum atomic E-state index is -0.741. The van der Waals surface area contributed by atoms with Gasteiger partial charge in [0.2, 0.25) is 0 Å². The first kappa shape index (κ1) is 16.5.